The SMILES string of the molecule is CC(C)(C)C1c2cccc(c2)CSc2cccc1c2. The van der Waals surface area contributed by atoms with E-state index in [2.05, 4.69) is 69.3 Å². The normalized spacial score (nSPS) is 18.4. The van der Waals surface area contributed by atoms with Crippen LogP contribution >= 0.6 is 11.8 Å². The molecule has 0 fully saturated rings. The van der Waals surface area contributed by atoms with Crippen molar-refractivity contribution in [3.05, 3.63) is 65.2 Å². The molecule has 1 aliphatic heterocycles. The molecule has 2 aromatic carbocycles. The van der Waals surface area contributed by atoms with Crippen LogP contribution in [0.5, 0.6) is 0 Å². The summed E-state index contributed by atoms with van der Waals surface area (Å²) in [5, 5.41) is 0. The van der Waals surface area contributed by atoms with E-state index in [1.54, 1.807) is 0 Å². The van der Waals surface area contributed by atoms with Crippen LogP contribution < -0.4 is 0 Å². The molecule has 1 heterocycles. The van der Waals surface area contributed by atoms with Crippen LogP contribution in [0.1, 0.15) is 43.4 Å². The lowest BCUT2D eigenvalue weighted by atomic mass is 9.72. The van der Waals surface area contributed by atoms with Crippen LogP contribution in [0.25, 0.3) is 0 Å². The summed E-state index contributed by atoms with van der Waals surface area (Å²) < 4.78 is 0. The molecule has 1 heteroatoms. The molecule has 0 radical (unpaired) electrons. The second-order valence-electron chi connectivity index (χ2n) is 6.41. The van der Waals surface area contributed by atoms with Gasteiger partial charge in [-0.25, -0.2) is 0 Å². The van der Waals surface area contributed by atoms with Crippen molar-refractivity contribution in [3.8, 4) is 0 Å². The predicted molar refractivity (Wildman–Crippen MR) is 83.7 cm³/mol. The molecule has 0 aliphatic carbocycles. The lowest BCUT2D eigenvalue weighted by molar-refractivity contribution is 0.358. The zero-order valence-corrected chi connectivity index (χ0v) is 12.6. The molecule has 0 saturated heterocycles. The summed E-state index contributed by atoms with van der Waals surface area (Å²) in [4.78, 5) is 1.38. The molecule has 0 N–H and O–H groups in total. The summed E-state index contributed by atoms with van der Waals surface area (Å²) in [5.74, 6) is 1.53. The highest BCUT2D eigenvalue weighted by atomic mass is 32.2. The van der Waals surface area contributed by atoms with Crippen molar-refractivity contribution in [2.75, 3.05) is 0 Å². The van der Waals surface area contributed by atoms with Gasteiger partial charge in [0.1, 0.15) is 0 Å². The lowest BCUT2D eigenvalue weighted by Gasteiger charge is -2.32. The van der Waals surface area contributed by atoms with Crippen LogP contribution in [0.4, 0.5) is 0 Å². The van der Waals surface area contributed by atoms with Gasteiger partial charge < -0.3 is 0 Å². The maximum Gasteiger partial charge on any atom is 0.0232 e. The number of benzene rings is 2. The zero-order chi connectivity index (χ0) is 13.5. The number of thioether (sulfide) groups is 1. The monoisotopic (exact) mass is 268 g/mol. The molecule has 0 spiro atoms. The summed E-state index contributed by atoms with van der Waals surface area (Å²) in [6, 6.07) is 18.2. The molecule has 0 aromatic heterocycles. The van der Waals surface area contributed by atoms with E-state index in [0.29, 0.717) is 5.92 Å². The van der Waals surface area contributed by atoms with Gasteiger partial charge >= 0.3 is 0 Å². The van der Waals surface area contributed by atoms with Crippen LogP contribution in [0.15, 0.2) is 53.4 Å². The van der Waals surface area contributed by atoms with Crippen LogP contribution in [-0.2, 0) is 5.75 Å². The zero-order valence-electron chi connectivity index (χ0n) is 11.8. The van der Waals surface area contributed by atoms with E-state index in [1.165, 1.54) is 21.6 Å². The van der Waals surface area contributed by atoms with Crippen molar-refractivity contribution in [2.24, 2.45) is 5.41 Å². The fourth-order valence-corrected chi connectivity index (χ4v) is 3.91. The molecule has 1 aliphatic rings. The summed E-state index contributed by atoms with van der Waals surface area (Å²) in [7, 11) is 0. The van der Waals surface area contributed by atoms with Crippen LogP contribution in [0.3, 0.4) is 0 Å². The van der Waals surface area contributed by atoms with E-state index < -0.39 is 0 Å². The fraction of sp³-hybridized carbons (Fsp3) is 0.333. The molecule has 0 amide bonds. The van der Waals surface area contributed by atoms with Crippen LogP contribution in [-0.4, -0.2) is 0 Å². The second-order valence-corrected chi connectivity index (χ2v) is 7.45. The molecule has 1 unspecified atom stereocenters. The third kappa shape index (κ3) is 2.57. The maximum atomic E-state index is 2.39. The molecule has 1 atom stereocenters. The Morgan fingerprint density at radius 1 is 0.947 bits per heavy atom. The topological polar surface area (TPSA) is 0 Å². The summed E-state index contributed by atoms with van der Waals surface area (Å²) in [6.07, 6.45) is 0. The first kappa shape index (κ1) is 12.8. The van der Waals surface area contributed by atoms with Crippen LogP contribution in [0.2, 0.25) is 0 Å². The van der Waals surface area contributed by atoms with Gasteiger partial charge in [0, 0.05) is 16.6 Å². The van der Waals surface area contributed by atoms with Crippen LogP contribution in [0, 0.1) is 5.41 Å². The molecule has 98 valence electrons. The van der Waals surface area contributed by atoms with Gasteiger partial charge in [-0.05, 0) is 34.2 Å². The van der Waals surface area contributed by atoms with E-state index in [0.717, 1.165) is 5.75 Å². The first-order valence-electron chi connectivity index (χ1n) is 6.86. The lowest BCUT2D eigenvalue weighted by Crippen LogP contribution is -2.19. The van der Waals surface area contributed by atoms with Gasteiger partial charge in [-0.2, -0.15) is 0 Å². The van der Waals surface area contributed by atoms with Crippen molar-refractivity contribution in [1.29, 1.82) is 0 Å². The van der Waals surface area contributed by atoms with Crippen molar-refractivity contribution in [1.82, 2.24) is 0 Å². The van der Waals surface area contributed by atoms with Gasteiger partial charge in [0.05, 0.1) is 0 Å². The minimum atomic E-state index is 0.228. The fourth-order valence-electron chi connectivity index (χ4n) is 3.01. The molecular weight excluding hydrogens is 248 g/mol. The smallest absolute Gasteiger partial charge is 0.0232 e. The second kappa shape index (κ2) is 4.72. The third-order valence-corrected chi connectivity index (χ3v) is 4.81. The highest BCUT2D eigenvalue weighted by Crippen LogP contribution is 2.42. The van der Waals surface area contributed by atoms with E-state index in [1.807, 2.05) is 11.8 Å². The Morgan fingerprint density at radius 3 is 2.37 bits per heavy atom. The van der Waals surface area contributed by atoms with E-state index in [9.17, 15) is 0 Å². The first-order chi connectivity index (χ1) is 9.04. The number of fused-ring (bicyclic) bond motifs is 4. The average Bonchev–Trinajstić information content (AvgIpc) is 2.38. The quantitative estimate of drug-likeness (QED) is 0.610. The Kier molecular flexibility index (Phi) is 3.18. The third-order valence-electron chi connectivity index (χ3n) is 3.75. The van der Waals surface area contributed by atoms with Gasteiger partial charge in [-0.1, -0.05) is 57.2 Å². The minimum Gasteiger partial charge on any atom is -0.121 e. The van der Waals surface area contributed by atoms with Crippen molar-refractivity contribution in [2.45, 2.75) is 37.3 Å². The molecule has 0 saturated carbocycles. The van der Waals surface area contributed by atoms with Crippen molar-refractivity contribution < 1.29 is 0 Å². The molecule has 4 bridgehead atoms. The minimum absolute atomic E-state index is 0.228. The van der Waals surface area contributed by atoms with Crippen molar-refractivity contribution >= 4 is 11.8 Å². The first-order valence-corrected chi connectivity index (χ1v) is 7.84. The van der Waals surface area contributed by atoms with Gasteiger partial charge in [0.15, 0.2) is 0 Å². The van der Waals surface area contributed by atoms with E-state index in [4.69, 9.17) is 0 Å². The summed E-state index contributed by atoms with van der Waals surface area (Å²) in [6.45, 7) is 7.01. The number of hydrogen-bond donors (Lipinski definition) is 0. The molecule has 19 heavy (non-hydrogen) atoms. The van der Waals surface area contributed by atoms with E-state index >= 15 is 0 Å². The Balaban J connectivity index is 2.23. The molecule has 3 rings (SSSR count). The van der Waals surface area contributed by atoms with Gasteiger partial charge in [-0.3, -0.25) is 0 Å². The summed E-state index contributed by atoms with van der Waals surface area (Å²) >= 11 is 1.93. The molecule has 2 aromatic rings. The molecule has 0 nitrogen and oxygen atoms in total. The Morgan fingerprint density at radius 2 is 1.63 bits per heavy atom. The number of rotatable bonds is 0. The maximum absolute atomic E-state index is 2.39. The van der Waals surface area contributed by atoms with Gasteiger partial charge in [0.25, 0.3) is 0 Å². The summed E-state index contributed by atoms with van der Waals surface area (Å²) in [5.41, 5.74) is 4.55. The highest BCUT2D eigenvalue weighted by Gasteiger charge is 2.28. The Hall–Kier alpha value is -1.21. The highest BCUT2D eigenvalue weighted by molar-refractivity contribution is 7.98. The predicted octanol–water partition coefficient (Wildman–Crippen LogP) is 5.47. The van der Waals surface area contributed by atoms with Gasteiger partial charge in [0.2, 0.25) is 0 Å². The van der Waals surface area contributed by atoms with Crippen molar-refractivity contribution in [3.63, 3.8) is 0 Å². The van der Waals surface area contributed by atoms with E-state index in [-0.39, 0.29) is 5.41 Å². The molecular formula is C18H20S. The standard InChI is InChI=1S/C18H20S/c1-18(2,3)17-14-7-4-6-13(10-14)12-19-16-9-5-8-15(17)11-16/h4-11,17H,12H2,1-3H3. The van der Waals surface area contributed by atoms with Gasteiger partial charge in [-0.15, -0.1) is 11.8 Å². The average molecular weight is 268 g/mol. The Labute approximate surface area is 120 Å². The largest absolute Gasteiger partial charge is 0.121 e. The number of hydrogen-bond acceptors (Lipinski definition) is 1. The Bertz CT molecular complexity index is 545.